The Labute approximate surface area is 125 Å². The molecular weight excluding hydrogens is 242 g/mol. The van der Waals surface area contributed by atoms with Crippen molar-refractivity contribution in [2.75, 3.05) is 0 Å². The minimum absolute atomic E-state index is 0.477. The van der Waals surface area contributed by atoms with Gasteiger partial charge in [0.05, 0.1) is 0 Å². The van der Waals surface area contributed by atoms with E-state index in [1.165, 1.54) is 56.9 Å². The van der Waals surface area contributed by atoms with Gasteiger partial charge in [-0.05, 0) is 62.1 Å². The molecule has 20 heavy (non-hydrogen) atoms. The molecule has 0 bridgehead atoms. The quantitative estimate of drug-likeness (QED) is 0.721. The summed E-state index contributed by atoms with van der Waals surface area (Å²) in [6, 6.07) is 8.33. The van der Waals surface area contributed by atoms with Crippen LogP contribution in [-0.2, 0) is 12.8 Å². The van der Waals surface area contributed by atoms with Crippen molar-refractivity contribution in [2.24, 2.45) is 0 Å². The monoisotopic (exact) mass is 273 g/mol. The van der Waals surface area contributed by atoms with Crippen molar-refractivity contribution in [3.63, 3.8) is 0 Å². The van der Waals surface area contributed by atoms with Crippen molar-refractivity contribution in [3.8, 4) is 0 Å². The van der Waals surface area contributed by atoms with Crippen LogP contribution in [0, 0.1) is 0 Å². The number of aryl methyl sites for hydroxylation is 2. The molecule has 1 aliphatic carbocycles. The lowest BCUT2D eigenvalue weighted by molar-refractivity contribution is 0.402. The first-order valence-electron chi connectivity index (χ1n) is 8.62. The van der Waals surface area contributed by atoms with Gasteiger partial charge in [0, 0.05) is 12.1 Å². The summed E-state index contributed by atoms with van der Waals surface area (Å²) in [5.41, 5.74) is 4.67. The molecule has 1 unspecified atom stereocenters. The van der Waals surface area contributed by atoms with Gasteiger partial charge in [-0.15, -0.1) is 0 Å². The molecule has 1 aromatic carbocycles. The summed E-state index contributed by atoms with van der Waals surface area (Å²) in [4.78, 5) is 0. The molecule has 1 nitrogen and oxygen atoms in total. The molecule has 0 fully saturated rings. The summed E-state index contributed by atoms with van der Waals surface area (Å²) >= 11 is 0. The maximum atomic E-state index is 3.84. The van der Waals surface area contributed by atoms with E-state index in [9.17, 15) is 0 Å². The van der Waals surface area contributed by atoms with Gasteiger partial charge >= 0.3 is 0 Å². The lowest BCUT2D eigenvalue weighted by Crippen LogP contribution is -2.31. The molecule has 0 spiro atoms. The Morgan fingerprint density at radius 2 is 1.65 bits per heavy atom. The zero-order valence-electron chi connectivity index (χ0n) is 13.5. The van der Waals surface area contributed by atoms with Crippen LogP contribution >= 0.6 is 0 Å². The number of benzene rings is 1. The molecule has 0 aromatic heterocycles. The van der Waals surface area contributed by atoms with E-state index in [-0.39, 0.29) is 0 Å². The van der Waals surface area contributed by atoms with E-state index in [0.29, 0.717) is 12.1 Å². The third-order valence-electron chi connectivity index (χ3n) is 4.63. The van der Waals surface area contributed by atoms with E-state index in [1.807, 2.05) is 0 Å². The first-order valence-corrected chi connectivity index (χ1v) is 8.62. The van der Waals surface area contributed by atoms with Gasteiger partial charge in [0.1, 0.15) is 0 Å². The lowest BCUT2D eigenvalue weighted by atomic mass is 9.89. The van der Waals surface area contributed by atoms with E-state index in [1.54, 1.807) is 11.1 Å². The Bertz CT molecular complexity index is 404. The van der Waals surface area contributed by atoms with Crippen LogP contribution in [0.4, 0.5) is 0 Å². The molecule has 0 amide bonds. The second kappa shape index (κ2) is 7.83. The van der Waals surface area contributed by atoms with Crippen molar-refractivity contribution in [1.29, 1.82) is 0 Å². The number of rotatable bonds is 7. The summed E-state index contributed by atoms with van der Waals surface area (Å²) in [6.07, 6.45) is 10.4. The molecule has 2 rings (SSSR count). The van der Waals surface area contributed by atoms with Crippen LogP contribution in [0.25, 0.3) is 0 Å². The Morgan fingerprint density at radius 3 is 2.30 bits per heavy atom. The number of hydrogen-bond acceptors (Lipinski definition) is 1. The topological polar surface area (TPSA) is 12.0 Å². The smallest absolute Gasteiger partial charge is 0.0294 e. The minimum atomic E-state index is 0.477. The predicted octanol–water partition coefficient (Wildman–Crippen LogP) is 5.18. The summed E-state index contributed by atoms with van der Waals surface area (Å²) in [6.45, 7) is 6.89. The first-order chi connectivity index (χ1) is 9.74. The molecule has 0 heterocycles. The van der Waals surface area contributed by atoms with E-state index in [4.69, 9.17) is 0 Å². The highest BCUT2D eigenvalue weighted by atomic mass is 14.9. The molecule has 0 radical (unpaired) electrons. The van der Waals surface area contributed by atoms with E-state index in [2.05, 4.69) is 44.3 Å². The van der Waals surface area contributed by atoms with E-state index in [0.717, 1.165) is 0 Å². The Kier molecular flexibility index (Phi) is 6.09. The zero-order chi connectivity index (χ0) is 14.4. The Hall–Kier alpha value is -0.820. The predicted molar refractivity (Wildman–Crippen MR) is 88.2 cm³/mol. The molecule has 0 saturated carbocycles. The van der Waals surface area contributed by atoms with Crippen molar-refractivity contribution in [2.45, 2.75) is 84.2 Å². The van der Waals surface area contributed by atoms with E-state index < -0.39 is 0 Å². The van der Waals surface area contributed by atoms with E-state index >= 15 is 0 Å². The van der Waals surface area contributed by atoms with Gasteiger partial charge in [0.2, 0.25) is 0 Å². The van der Waals surface area contributed by atoms with Gasteiger partial charge in [-0.25, -0.2) is 0 Å². The molecule has 1 N–H and O–H groups in total. The average molecular weight is 273 g/mol. The standard InChI is InChI=1S/C19H31N/c1-4-8-19(9-5-2)20-15(3)17-13-12-16-10-6-7-11-18(16)14-17/h12-15,19-20H,4-11H2,1-3H3. The van der Waals surface area contributed by atoms with Crippen molar-refractivity contribution >= 4 is 0 Å². The highest BCUT2D eigenvalue weighted by molar-refractivity contribution is 5.35. The molecule has 112 valence electrons. The fourth-order valence-electron chi connectivity index (χ4n) is 3.48. The van der Waals surface area contributed by atoms with Gasteiger partial charge < -0.3 is 5.32 Å². The summed E-state index contributed by atoms with van der Waals surface area (Å²) < 4.78 is 0. The highest BCUT2D eigenvalue weighted by Gasteiger charge is 2.15. The molecule has 0 saturated heterocycles. The first kappa shape index (κ1) is 15.6. The number of hydrogen-bond donors (Lipinski definition) is 1. The van der Waals surface area contributed by atoms with Crippen LogP contribution in [0.2, 0.25) is 0 Å². The third-order valence-corrected chi connectivity index (χ3v) is 4.63. The highest BCUT2D eigenvalue weighted by Crippen LogP contribution is 2.25. The van der Waals surface area contributed by atoms with Gasteiger partial charge in [0.15, 0.2) is 0 Å². The van der Waals surface area contributed by atoms with Gasteiger partial charge in [-0.3, -0.25) is 0 Å². The molecule has 1 aromatic rings. The second-order valence-electron chi connectivity index (χ2n) is 6.40. The third kappa shape index (κ3) is 4.09. The largest absolute Gasteiger partial charge is 0.307 e. The van der Waals surface area contributed by atoms with Crippen LogP contribution < -0.4 is 5.32 Å². The maximum Gasteiger partial charge on any atom is 0.0294 e. The lowest BCUT2D eigenvalue weighted by Gasteiger charge is -2.25. The van der Waals surface area contributed by atoms with Crippen molar-refractivity contribution in [1.82, 2.24) is 5.32 Å². The normalized spacial score (nSPS) is 16.2. The van der Waals surface area contributed by atoms with Crippen LogP contribution in [-0.4, -0.2) is 6.04 Å². The second-order valence-corrected chi connectivity index (χ2v) is 6.40. The van der Waals surface area contributed by atoms with Crippen molar-refractivity contribution < 1.29 is 0 Å². The molecular formula is C19H31N. The van der Waals surface area contributed by atoms with Crippen LogP contribution in [0.1, 0.15) is 82.0 Å². The summed E-state index contributed by atoms with van der Waals surface area (Å²) in [7, 11) is 0. The van der Waals surface area contributed by atoms with Crippen LogP contribution in [0.3, 0.4) is 0 Å². The molecule has 1 heteroatoms. The summed E-state index contributed by atoms with van der Waals surface area (Å²) in [5, 5.41) is 3.84. The minimum Gasteiger partial charge on any atom is -0.307 e. The van der Waals surface area contributed by atoms with Crippen molar-refractivity contribution in [3.05, 3.63) is 34.9 Å². The van der Waals surface area contributed by atoms with Crippen LogP contribution in [0.15, 0.2) is 18.2 Å². The Balaban J connectivity index is 2.02. The van der Waals surface area contributed by atoms with Crippen LogP contribution in [0.5, 0.6) is 0 Å². The van der Waals surface area contributed by atoms with Gasteiger partial charge in [0.25, 0.3) is 0 Å². The average Bonchev–Trinajstić information content (AvgIpc) is 2.47. The molecule has 1 atom stereocenters. The fourth-order valence-corrected chi connectivity index (χ4v) is 3.48. The SMILES string of the molecule is CCCC(CCC)NC(C)c1ccc2c(c1)CCCC2. The summed E-state index contributed by atoms with van der Waals surface area (Å²) in [5.74, 6) is 0. The fraction of sp³-hybridized carbons (Fsp3) is 0.684. The van der Waals surface area contributed by atoms with Gasteiger partial charge in [-0.2, -0.15) is 0 Å². The number of fused-ring (bicyclic) bond motifs is 1. The molecule has 1 aliphatic rings. The maximum absolute atomic E-state index is 3.84. The molecule has 0 aliphatic heterocycles. The zero-order valence-corrected chi connectivity index (χ0v) is 13.5. The number of nitrogens with one attached hydrogen (secondary N) is 1. The Morgan fingerprint density at radius 1 is 1.00 bits per heavy atom. The van der Waals surface area contributed by atoms with Gasteiger partial charge in [-0.1, -0.05) is 44.9 Å².